The zero-order valence-corrected chi connectivity index (χ0v) is 10.6. The van der Waals surface area contributed by atoms with Gasteiger partial charge in [0.15, 0.2) is 0 Å². The van der Waals surface area contributed by atoms with Gasteiger partial charge in [0.25, 0.3) is 0 Å². The van der Waals surface area contributed by atoms with Crippen LogP contribution in [0, 0.1) is 5.92 Å². The molecule has 1 amide bonds. The number of likely N-dealkylation sites (N-methyl/N-ethyl adjacent to an activating group) is 1. The molecule has 1 saturated carbocycles. The maximum atomic E-state index is 11.6. The van der Waals surface area contributed by atoms with E-state index in [2.05, 4.69) is 5.32 Å². The average Bonchev–Trinajstić information content (AvgIpc) is 2.35. The van der Waals surface area contributed by atoms with Crippen LogP contribution in [0.2, 0.25) is 0 Å². The monoisotopic (exact) mass is 242 g/mol. The van der Waals surface area contributed by atoms with E-state index in [1.54, 1.807) is 11.9 Å². The van der Waals surface area contributed by atoms with Crippen LogP contribution >= 0.6 is 0 Å². The van der Waals surface area contributed by atoms with Crippen molar-refractivity contribution in [1.29, 1.82) is 0 Å². The van der Waals surface area contributed by atoms with Crippen molar-refractivity contribution < 1.29 is 14.7 Å². The highest BCUT2D eigenvalue weighted by atomic mass is 16.4. The van der Waals surface area contributed by atoms with E-state index in [1.165, 1.54) is 0 Å². The van der Waals surface area contributed by atoms with Crippen molar-refractivity contribution in [1.82, 2.24) is 10.2 Å². The molecule has 1 aliphatic rings. The van der Waals surface area contributed by atoms with Crippen molar-refractivity contribution in [2.75, 3.05) is 20.1 Å². The second kappa shape index (κ2) is 6.59. The first-order valence-electron chi connectivity index (χ1n) is 6.24. The van der Waals surface area contributed by atoms with Gasteiger partial charge in [-0.1, -0.05) is 0 Å². The predicted octanol–water partition coefficient (Wildman–Crippen LogP) is 0.698. The van der Waals surface area contributed by atoms with Gasteiger partial charge < -0.3 is 15.3 Å². The topological polar surface area (TPSA) is 69.6 Å². The van der Waals surface area contributed by atoms with Gasteiger partial charge in [-0.3, -0.25) is 9.59 Å². The van der Waals surface area contributed by atoms with Crippen molar-refractivity contribution in [3.05, 3.63) is 0 Å². The Morgan fingerprint density at radius 1 is 1.29 bits per heavy atom. The number of hydrogen-bond acceptors (Lipinski definition) is 3. The minimum Gasteiger partial charge on any atom is -0.481 e. The molecule has 0 heterocycles. The summed E-state index contributed by atoms with van der Waals surface area (Å²) in [5.74, 6) is -0.792. The van der Waals surface area contributed by atoms with Gasteiger partial charge in [0.1, 0.15) is 0 Å². The molecular formula is C12H22N2O3. The zero-order chi connectivity index (χ0) is 12.8. The van der Waals surface area contributed by atoms with Crippen LogP contribution in [0.1, 0.15) is 32.6 Å². The van der Waals surface area contributed by atoms with Crippen LogP contribution in [0.3, 0.4) is 0 Å². The van der Waals surface area contributed by atoms with Crippen LogP contribution in [0.5, 0.6) is 0 Å². The molecule has 0 saturated heterocycles. The minimum absolute atomic E-state index is 0.0906. The van der Waals surface area contributed by atoms with Gasteiger partial charge >= 0.3 is 5.97 Å². The van der Waals surface area contributed by atoms with Gasteiger partial charge in [-0.15, -0.1) is 0 Å². The fourth-order valence-corrected chi connectivity index (χ4v) is 2.09. The van der Waals surface area contributed by atoms with E-state index in [0.717, 1.165) is 12.8 Å². The molecule has 5 heteroatoms. The third-order valence-corrected chi connectivity index (χ3v) is 3.52. The van der Waals surface area contributed by atoms with E-state index in [9.17, 15) is 9.59 Å². The number of carboxylic acids is 1. The summed E-state index contributed by atoms with van der Waals surface area (Å²) in [4.78, 5) is 24.0. The summed E-state index contributed by atoms with van der Waals surface area (Å²) in [5, 5.41) is 12.1. The Balaban J connectivity index is 2.22. The Bertz CT molecular complexity index is 273. The van der Waals surface area contributed by atoms with Gasteiger partial charge in [0.2, 0.25) is 5.91 Å². The number of amides is 1. The lowest BCUT2D eigenvalue weighted by atomic mass is 9.86. The largest absolute Gasteiger partial charge is 0.481 e. The molecule has 1 aliphatic carbocycles. The third-order valence-electron chi connectivity index (χ3n) is 3.52. The van der Waals surface area contributed by atoms with Crippen molar-refractivity contribution >= 4 is 11.9 Å². The molecule has 2 N–H and O–H groups in total. The number of carbonyl (C=O) groups excluding carboxylic acids is 1. The molecule has 1 fully saturated rings. The second-order valence-corrected chi connectivity index (χ2v) is 4.68. The van der Waals surface area contributed by atoms with Crippen LogP contribution in [0.15, 0.2) is 0 Å². The van der Waals surface area contributed by atoms with Crippen molar-refractivity contribution in [3.63, 3.8) is 0 Å². The Hall–Kier alpha value is -1.10. The summed E-state index contributed by atoms with van der Waals surface area (Å²) in [5.41, 5.74) is 0. The molecule has 0 radical (unpaired) electrons. The Kier molecular flexibility index (Phi) is 5.41. The Morgan fingerprint density at radius 2 is 1.88 bits per heavy atom. The summed E-state index contributed by atoms with van der Waals surface area (Å²) in [6, 6.07) is 0.291. The molecule has 17 heavy (non-hydrogen) atoms. The molecule has 98 valence electrons. The maximum absolute atomic E-state index is 11.6. The summed E-state index contributed by atoms with van der Waals surface area (Å²) < 4.78 is 0. The van der Waals surface area contributed by atoms with Crippen LogP contribution in [0.4, 0.5) is 0 Å². The van der Waals surface area contributed by atoms with Crippen LogP contribution < -0.4 is 5.32 Å². The van der Waals surface area contributed by atoms with Crippen molar-refractivity contribution in [2.24, 2.45) is 5.92 Å². The molecule has 0 atom stereocenters. The predicted molar refractivity (Wildman–Crippen MR) is 64.7 cm³/mol. The summed E-state index contributed by atoms with van der Waals surface area (Å²) in [6.45, 7) is 3.01. The third kappa shape index (κ3) is 4.34. The van der Waals surface area contributed by atoms with E-state index >= 15 is 0 Å². The number of carbonyl (C=O) groups is 2. The van der Waals surface area contributed by atoms with Crippen LogP contribution in [-0.4, -0.2) is 48.1 Å². The zero-order valence-electron chi connectivity index (χ0n) is 10.6. The molecule has 5 nitrogen and oxygen atoms in total. The van der Waals surface area contributed by atoms with Crippen LogP contribution in [0.25, 0.3) is 0 Å². The average molecular weight is 242 g/mol. The standard InChI is InChI=1S/C12H22N2O3/c1-3-14(2)11(15)8-13-10-6-4-9(5-7-10)12(16)17/h9-10,13H,3-8H2,1-2H3,(H,16,17). The van der Waals surface area contributed by atoms with Crippen LogP contribution in [-0.2, 0) is 9.59 Å². The molecule has 0 spiro atoms. The van der Waals surface area contributed by atoms with E-state index in [4.69, 9.17) is 5.11 Å². The quantitative estimate of drug-likeness (QED) is 0.744. The molecule has 0 aromatic carbocycles. The minimum atomic E-state index is -0.690. The maximum Gasteiger partial charge on any atom is 0.306 e. The number of carboxylic acid groups (broad SMARTS) is 1. The Labute approximate surface area is 102 Å². The molecule has 0 bridgehead atoms. The summed E-state index contributed by atoms with van der Waals surface area (Å²) in [7, 11) is 1.78. The molecule has 1 rings (SSSR count). The first-order chi connectivity index (χ1) is 8.04. The molecule has 0 unspecified atom stereocenters. The van der Waals surface area contributed by atoms with Gasteiger partial charge in [-0.2, -0.15) is 0 Å². The summed E-state index contributed by atoms with van der Waals surface area (Å²) >= 11 is 0. The van der Waals surface area contributed by atoms with Crippen molar-refractivity contribution in [2.45, 2.75) is 38.6 Å². The normalized spacial score (nSPS) is 24.4. The SMILES string of the molecule is CCN(C)C(=O)CNC1CCC(C(=O)O)CC1. The van der Waals surface area contributed by atoms with Crippen molar-refractivity contribution in [3.8, 4) is 0 Å². The lowest BCUT2D eigenvalue weighted by Crippen LogP contribution is -2.42. The fraction of sp³-hybridized carbons (Fsp3) is 0.833. The summed E-state index contributed by atoms with van der Waals surface area (Å²) in [6.07, 6.45) is 3.12. The molecule has 0 aromatic rings. The number of nitrogens with zero attached hydrogens (tertiary/aromatic N) is 1. The van der Waals surface area contributed by atoms with E-state index < -0.39 is 5.97 Å². The highest BCUT2D eigenvalue weighted by molar-refractivity contribution is 5.77. The molecule has 0 aliphatic heterocycles. The number of nitrogens with one attached hydrogen (secondary N) is 1. The van der Waals surface area contributed by atoms with E-state index in [-0.39, 0.29) is 11.8 Å². The number of aliphatic carboxylic acids is 1. The van der Waals surface area contributed by atoms with Gasteiger partial charge in [-0.25, -0.2) is 0 Å². The fourth-order valence-electron chi connectivity index (χ4n) is 2.09. The molecular weight excluding hydrogens is 220 g/mol. The lowest BCUT2D eigenvalue weighted by molar-refractivity contribution is -0.143. The first-order valence-corrected chi connectivity index (χ1v) is 6.24. The van der Waals surface area contributed by atoms with Gasteiger partial charge in [0, 0.05) is 19.6 Å². The molecule has 0 aromatic heterocycles. The smallest absolute Gasteiger partial charge is 0.306 e. The highest BCUT2D eigenvalue weighted by Gasteiger charge is 2.25. The van der Waals surface area contributed by atoms with E-state index in [1.807, 2.05) is 6.92 Å². The first kappa shape index (κ1) is 14.0. The Morgan fingerprint density at radius 3 is 2.35 bits per heavy atom. The highest BCUT2D eigenvalue weighted by Crippen LogP contribution is 2.24. The lowest BCUT2D eigenvalue weighted by Gasteiger charge is -2.27. The second-order valence-electron chi connectivity index (χ2n) is 4.68. The van der Waals surface area contributed by atoms with Gasteiger partial charge in [-0.05, 0) is 32.6 Å². The number of hydrogen-bond donors (Lipinski definition) is 2. The van der Waals surface area contributed by atoms with Gasteiger partial charge in [0.05, 0.1) is 12.5 Å². The number of rotatable bonds is 5. The van der Waals surface area contributed by atoms with E-state index in [0.29, 0.717) is 32.0 Å².